The summed E-state index contributed by atoms with van der Waals surface area (Å²) < 4.78 is 24.6. The molecule has 26 heavy (non-hydrogen) atoms. The van der Waals surface area contributed by atoms with Crippen molar-refractivity contribution >= 4 is 48.2 Å². The number of hydrogen-bond donors (Lipinski definition) is 1. The van der Waals surface area contributed by atoms with Crippen molar-refractivity contribution in [1.82, 2.24) is 0 Å². The van der Waals surface area contributed by atoms with Gasteiger partial charge < -0.3 is 9.05 Å². The molecular formula is C18H13Cl3NO3P. The Kier molecular flexibility index (Phi) is 6.00. The molecule has 4 nitrogen and oxygen atoms in total. The van der Waals surface area contributed by atoms with Crippen LogP contribution in [-0.4, -0.2) is 0 Å². The molecule has 3 aromatic rings. The van der Waals surface area contributed by atoms with E-state index < -0.39 is 7.75 Å². The van der Waals surface area contributed by atoms with Gasteiger partial charge in [0.25, 0.3) is 0 Å². The minimum Gasteiger partial charge on any atom is -0.400 e. The Balaban J connectivity index is 1.91. The van der Waals surface area contributed by atoms with Gasteiger partial charge in [0.05, 0.1) is 10.7 Å². The molecule has 3 rings (SSSR count). The largest absolute Gasteiger partial charge is 0.541 e. The summed E-state index contributed by atoms with van der Waals surface area (Å²) in [5, 5.41) is 4.21. The summed E-state index contributed by atoms with van der Waals surface area (Å²) in [4.78, 5) is 0. The molecule has 0 fully saturated rings. The lowest BCUT2D eigenvalue weighted by molar-refractivity contribution is 0.393. The highest BCUT2D eigenvalue weighted by Gasteiger charge is 2.30. The monoisotopic (exact) mass is 427 g/mol. The van der Waals surface area contributed by atoms with Gasteiger partial charge in [-0.1, -0.05) is 46.9 Å². The minimum absolute atomic E-state index is 0.325. The van der Waals surface area contributed by atoms with Gasteiger partial charge >= 0.3 is 7.75 Å². The standard InChI is InChI=1S/C18H13Cl3NO3P/c19-13-5-9-15(10-6-13)24-26(23,22-18-4-2-1-3-17(18)21)25-16-11-7-14(20)8-12-16/h1-12H,(H,22,23). The third-order valence-corrected chi connectivity index (χ3v) is 5.46. The fourth-order valence-electron chi connectivity index (χ4n) is 2.03. The van der Waals surface area contributed by atoms with Crippen molar-refractivity contribution in [2.24, 2.45) is 0 Å². The van der Waals surface area contributed by atoms with Crippen LogP contribution in [0.25, 0.3) is 0 Å². The molecule has 3 aromatic carbocycles. The molecule has 0 aliphatic carbocycles. The van der Waals surface area contributed by atoms with Gasteiger partial charge in [-0.3, -0.25) is 5.09 Å². The first-order valence-corrected chi connectivity index (χ1v) is 10.1. The zero-order valence-electron chi connectivity index (χ0n) is 13.2. The van der Waals surface area contributed by atoms with Crippen molar-refractivity contribution in [2.75, 3.05) is 5.09 Å². The topological polar surface area (TPSA) is 47.6 Å². The van der Waals surface area contributed by atoms with Gasteiger partial charge in [0, 0.05) is 10.0 Å². The molecule has 8 heteroatoms. The lowest BCUT2D eigenvalue weighted by Gasteiger charge is -2.21. The molecule has 0 unspecified atom stereocenters. The Bertz CT molecular complexity index is 882. The zero-order chi connectivity index (χ0) is 18.6. The number of hydrogen-bond acceptors (Lipinski definition) is 3. The first-order chi connectivity index (χ1) is 12.4. The second-order valence-electron chi connectivity index (χ2n) is 5.18. The normalized spacial score (nSPS) is 11.0. The van der Waals surface area contributed by atoms with Gasteiger partial charge in [0.2, 0.25) is 0 Å². The van der Waals surface area contributed by atoms with Crippen LogP contribution in [0.2, 0.25) is 15.1 Å². The fourth-order valence-corrected chi connectivity index (χ4v) is 3.95. The van der Waals surface area contributed by atoms with Gasteiger partial charge in [-0.15, -0.1) is 0 Å². The first kappa shape index (κ1) is 18.9. The second-order valence-corrected chi connectivity index (χ2v) is 8.04. The molecule has 0 aliphatic heterocycles. The number of para-hydroxylation sites is 1. The van der Waals surface area contributed by atoms with E-state index in [1.165, 1.54) is 0 Å². The molecule has 0 amide bonds. The Hall–Kier alpha value is -1.84. The maximum atomic E-state index is 13.4. The summed E-state index contributed by atoms with van der Waals surface area (Å²) in [6.45, 7) is 0. The maximum absolute atomic E-state index is 13.4. The Morgan fingerprint density at radius 2 is 1.15 bits per heavy atom. The van der Waals surface area contributed by atoms with Crippen LogP contribution < -0.4 is 14.1 Å². The average Bonchev–Trinajstić information content (AvgIpc) is 2.61. The van der Waals surface area contributed by atoms with E-state index in [9.17, 15) is 4.57 Å². The summed E-state index contributed by atoms with van der Waals surface area (Å²) >= 11 is 17.9. The summed E-state index contributed by atoms with van der Waals surface area (Å²) in [7, 11) is -3.86. The molecule has 0 aliphatic rings. The Morgan fingerprint density at radius 1 is 0.692 bits per heavy atom. The minimum atomic E-state index is -3.86. The van der Waals surface area contributed by atoms with Crippen LogP contribution in [0.5, 0.6) is 11.5 Å². The Morgan fingerprint density at radius 3 is 1.62 bits per heavy atom. The summed E-state index contributed by atoms with van der Waals surface area (Å²) in [6, 6.07) is 19.7. The molecule has 0 heterocycles. The van der Waals surface area contributed by atoms with Crippen LogP contribution in [0.1, 0.15) is 0 Å². The number of benzene rings is 3. The van der Waals surface area contributed by atoms with Gasteiger partial charge in [-0.2, -0.15) is 0 Å². The van der Waals surface area contributed by atoms with Crippen molar-refractivity contribution in [3.63, 3.8) is 0 Å². The lowest BCUT2D eigenvalue weighted by Crippen LogP contribution is -2.10. The predicted octanol–water partition coefficient (Wildman–Crippen LogP) is 7.32. The summed E-state index contributed by atoms with van der Waals surface area (Å²) in [5.41, 5.74) is 0.417. The second kappa shape index (κ2) is 8.24. The highest BCUT2D eigenvalue weighted by molar-refractivity contribution is 7.56. The molecule has 0 bridgehead atoms. The lowest BCUT2D eigenvalue weighted by atomic mass is 10.3. The smallest absolute Gasteiger partial charge is 0.400 e. The van der Waals surface area contributed by atoms with E-state index in [1.807, 2.05) is 0 Å². The molecule has 0 spiro atoms. The van der Waals surface area contributed by atoms with E-state index in [-0.39, 0.29) is 0 Å². The van der Waals surface area contributed by atoms with Crippen LogP contribution in [0.15, 0.2) is 72.8 Å². The van der Waals surface area contributed by atoms with Crippen molar-refractivity contribution in [3.8, 4) is 11.5 Å². The number of anilines is 1. The van der Waals surface area contributed by atoms with Crippen molar-refractivity contribution in [2.45, 2.75) is 0 Å². The number of nitrogens with one attached hydrogen (secondary N) is 1. The molecular weight excluding hydrogens is 416 g/mol. The predicted molar refractivity (Wildman–Crippen MR) is 107 cm³/mol. The molecule has 0 radical (unpaired) electrons. The van der Waals surface area contributed by atoms with E-state index in [1.54, 1.807) is 72.8 Å². The van der Waals surface area contributed by atoms with Gasteiger partial charge in [-0.25, -0.2) is 4.57 Å². The number of rotatable bonds is 6. The van der Waals surface area contributed by atoms with E-state index in [0.717, 1.165) is 0 Å². The molecule has 134 valence electrons. The van der Waals surface area contributed by atoms with E-state index in [0.29, 0.717) is 32.3 Å². The van der Waals surface area contributed by atoms with E-state index >= 15 is 0 Å². The van der Waals surface area contributed by atoms with Crippen LogP contribution in [0.4, 0.5) is 5.69 Å². The third kappa shape index (κ3) is 5.09. The van der Waals surface area contributed by atoms with Crippen LogP contribution in [0.3, 0.4) is 0 Å². The highest BCUT2D eigenvalue weighted by Crippen LogP contribution is 2.49. The molecule has 0 saturated carbocycles. The Labute approximate surface area is 166 Å². The van der Waals surface area contributed by atoms with Crippen LogP contribution in [-0.2, 0) is 4.57 Å². The molecule has 0 saturated heterocycles. The van der Waals surface area contributed by atoms with Gasteiger partial charge in [0.15, 0.2) is 0 Å². The van der Waals surface area contributed by atoms with Crippen LogP contribution in [0, 0.1) is 0 Å². The van der Waals surface area contributed by atoms with Crippen molar-refractivity contribution < 1.29 is 13.6 Å². The molecule has 1 N–H and O–H groups in total. The SMILES string of the molecule is O=P(Nc1ccccc1Cl)(Oc1ccc(Cl)cc1)Oc1ccc(Cl)cc1. The third-order valence-electron chi connectivity index (χ3n) is 3.21. The van der Waals surface area contributed by atoms with Gasteiger partial charge in [-0.05, 0) is 60.7 Å². The first-order valence-electron chi connectivity index (χ1n) is 7.47. The van der Waals surface area contributed by atoms with E-state index in [4.69, 9.17) is 43.9 Å². The summed E-state index contributed by atoms with van der Waals surface area (Å²) in [6.07, 6.45) is 0. The molecule has 0 aromatic heterocycles. The fraction of sp³-hybridized carbons (Fsp3) is 0. The number of halogens is 3. The zero-order valence-corrected chi connectivity index (χ0v) is 16.4. The van der Waals surface area contributed by atoms with Gasteiger partial charge in [0.1, 0.15) is 11.5 Å². The highest BCUT2D eigenvalue weighted by atomic mass is 35.5. The molecule has 0 atom stereocenters. The quantitative estimate of drug-likeness (QED) is 0.418. The maximum Gasteiger partial charge on any atom is 0.541 e. The van der Waals surface area contributed by atoms with Crippen LogP contribution >= 0.6 is 42.5 Å². The van der Waals surface area contributed by atoms with E-state index in [2.05, 4.69) is 5.09 Å². The average molecular weight is 429 g/mol. The van der Waals surface area contributed by atoms with Crippen molar-refractivity contribution in [3.05, 3.63) is 87.9 Å². The summed E-state index contributed by atoms with van der Waals surface area (Å²) in [5.74, 6) is 0.650. The van der Waals surface area contributed by atoms with Crippen molar-refractivity contribution in [1.29, 1.82) is 0 Å².